The lowest BCUT2D eigenvalue weighted by Crippen LogP contribution is -2.17. The average Bonchev–Trinajstić information content (AvgIpc) is 2.54. The van der Waals surface area contributed by atoms with E-state index in [4.69, 9.17) is 21.1 Å². The van der Waals surface area contributed by atoms with Gasteiger partial charge in [-0.2, -0.15) is 0 Å². The first-order valence-electron chi connectivity index (χ1n) is 7.48. The number of hydrogen-bond donors (Lipinski definition) is 1. The highest BCUT2D eigenvalue weighted by Gasteiger charge is 2.12. The van der Waals surface area contributed by atoms with Crippen LogP contribution in [0.4, 0.5) is 0 Å². The van der Waals surface area contributed by atoms with Crippen LogP contribution >= 0.6 is 24.0 Å². The first-order valence-corrected chi connectivity index (χ1v) is 7.86. The predicted molar refractivity (Wildman–Crippen MR) is 98.3 cm³/mol. The molecule has 0 spiro atoms. The number of ether oxygens (including phenoxy) is 2. The van der Waals surface area contributed by atoms with Crippen LogP contribution < -0.4 is 14.8 Å². The van der Waals surface area contributed by atoms with Crippen molar-refractivity contribution in [3.8, 4) is 11.5 Å². The van der Waals surface area contributed by atoms with Gasteiger partial charge in [-0.3, -0.25) is 0 Å². The molecule has 0 radical (unpaired) electrons. The molecule has 0 aliphatic rings. The normalized spacial score (nSPS) is 10.0. The molecule has 1 N–H and O–H groups in total. The monoisotopic (exact) mass is 355 g/mol. The van der Waals surface area contributed by atoms with Gasteiger partial charge in [0.2, 0.25) is 0 Å². The van der Waals surface area contributed by atoms with Crippen molar-refractivity contribution in [2.24, 2.45) is 0 Å². The molecule has 0 aliphatic heterocycles. The number of halogens is 2. The van der Waals surface area contributed by atoms with Crippen LogP contribution in [0, 0.1) is 0 Å². The van der Waals surface area contributed by atoms with Gasteiger partial charge in [0.05, 0.1) is 13.7 Å². The fraction of sp³-hybridized carbons (Fsp3) is 0.333. The summed E-state index contributed by atoms with van der Waals surface area (Å²) in [7, 11) is 1.63. The Morgan fingerprint density at radius 2 is 1.87 bits per heavy atom. The quantitative estimate of drug-likeness (QED) is 0.707. The summed E-state index contributed by atoms with van der Waals surface area (Å²) in [6.07, 6.45) is 0.989. The van der Waals surface area contributed by atoms with Gasteiger partial charge in [0.25, 0.3) is 0 Å². The summed E-state index contributed by atoms with van der Waals surface area (Å²) >= 11 is 6.15. The predicted octanol–water partition coefficient (Wildman–Crippen LogP) is 4.50. The molecule has 0 aromatic heterocycles. The molecule has 0 amide bonds. The van der Waals surface area contributed by atoms with Gasteiger partial charge < -0.3 is 14.8 Å². The van der Waals surface area contributed by atoms with Gasteiger partial charge in [-0.25, -0.2) is 0 Å². The van der Waals surface area contributed by atoms with Crippen LogP contribution in [0.5, 0.6) is 11.5 Å². The van der Waals surface area contributed by atoms with Crippen molar-refractivity contribution in [2.45, 2.75) is 19.9 Å². The van der Waals surface area contributed by atoms with Crippen molar-refractivity contribution in [3.05, 3.63) is 58.6 Å². The van der Waals surface area contributed by atoms with Crippen LogP contribution in [0.3, 0.4) is 0 Å². The number of benzene rings is 2. The van der Waals surface area contributed by atoms with E-state index in [1.54, 1.807) is 13.2 Å². The van der Waals surface area contributed by atoms with Crippen LogP contribution in [0.25, 0.3) is 0 Å². The van der Waals surface area contributed by atoms with E-state index in [0.717, 1.165) is 24.3 Å². The van der Waals surface area contributed by atoms with Crippen molar-refractivity contribution < 1.29 is 9.47 Å². The molecule has 0 saturated carbocycles. The van der Waals surface area contributed by atoms with Crippen molar-refractivity contribution in [1.82, 2.24) is 5.32 Å². The van der Waals surface area contributed by atoms with E-state index in [1.165, 1.54) is 5.56 Å². The van der Waals surface area contributed by atoms with Gasteiger partial charge in [0.1, 0.15) is 0 Å². The van der Waals surface area contributed by atoms with E-state index < -0.39 is 0 Å². The Balaban J connectivity index is 0.00000264. The standard InChI is InChI=1S/C18H22ClNO2.ClH/c1-3-22-18-15(11-16(19)12-17(18)21-2)13-20-10-9-14-7-5-4-6-8-14;/h4-8,11-12,20H,3,9-10,13H2,1-2H3;1H. The smallest absolute Gasteiger partial charge is 0.165 e. The maximum atomic E-state index is 6.15. The zero-order valence-corrected chi connectivity index (χ0v) is 15.0. The summed E-state index contributed by atoms with van der Waals surface area (Å²) in [5.74, 6) is 1.44. The molecule has 5 heteroatoms. The third-order valence-electron chi connectivity index (χ3n) is 3.35. The van der Waals surface area contributed by atoms with Crippen LogP contribution in [-0.2, 0) is 13.0 Å². The Morgan fingerprint density at radius 3 is 2.52 bits per heavy atom. The van der Waals surface area contributed by atoms with Crippen LogP contribution in [0.2, 0.25) is 5.02 Å². The van der Waals surface area contributed by atoms with E-state index in [9.17, 15) is 0 Å². The summed E-state index contributed by atoms with van der Waals surface area (Å²) in [5.41, 5.74) is 2.34. The Kier molecular flexibility index (Phi) is 8.85. The number of nitrogens with one attached hydrogen (secondary N) is 1. The highest BCUT2D eigenvalue weighted by atomic mass is 35.5. The van der Waals surface area contributed by atoms with Gasteiger partial charge in [0, 0.05) is 23.2 Å². The molecule has 0 unspecified atom stereocenters. The third-order valence-corrected chi connectivity index (χ3v) is 3.57. The topological polar surface area (TPSA) is 30.5 Å². The molecule has 2 aromatic rings. The minimum atomic E-state index is 0. The van der Waals surface area contributed by atoms with Crippen LogP contribution in [-0.4, -0.2) is 20.3 Å². The van der Waals surface area contributed by atoms with E-state index in [-0.39, 0.29) is 12.4 Å². The summed E-state index contributed by atoms with van der Waals surface area (Å²) < 4.78 is 11.1. The molecule has 126 valence electrons. The van der Waals surface area contributed by atoms with Crippen molar-refractivity contribution in [3.63, 3.8) is 0 Å². The van der Waals surface area contributed by atoms with Gasteiger partial charge in [-0.15, -0.1) is 12.4 Å². The molecule has 23 heavy (non-hydrogen) atoms. The number of hydrogen-bond acceptors (Lipinski definition) is 3. The molecule has 2 rings (SSSR count). The fourth-order valence-corrected chi connectivity index (χ4v) is 2.55. The first kappa shape index (κ1) is 19.6. The molecule has 2 aromatic carbocycles. The van der Waals surface area contributed by atoms with Crippen molar-refractivity contribution in [2.75, 3.05) is 20.3 Å². The molecule has 0 heterocycles. The maximum Gasteiger partial charge on any atom is 0.165 e. The van der Waals surface area contributed by atoms with Crippen molar-refractivity contribution >= 4 is 24.0 Å². The number of rotatable bonds is 8. The maximum absolute atomic E-state index is 6.15. The van der Waals surface area contributed by atoms with E-state index in [0.29, 0.717) is 23.9 Å². The minimum Gasteiger partial charge on any atom is -0.493 e. The Labute approximate surface area is 149 Å². The lowest BCUT2D eigenvalue weighted by atomic mass is 10.1. The third kappa shape index (κ3) is 5.94. The summed E-state index contributed by atoms with van der Waals surface area (Å²) in [6.45, 7) is 4.14. The fourth-order valence-electron chi connectivity index (χ4n) is 2.31. The highest BCUT2D eigenvalue weighted by molar-refractivity contribution is 6.30. The SMILES string of the molecule is CCOc1c(CNCCc2ccccc2)cc(Cl)cc1OC.Cl. The molecular formula is C18H23Cl2NO2. The Hall–Kier alpha value is -1.42. The average molecular weight is 356 g/mol. The van der Waals surface area contributed by atoms with Gasteiger partial charge in [-0.05, 0) is 31.5 Å². The molecule has 0 atom stereocenters. The van der Waals surface area contributed by atoms with Crippen molar-refractivity contribution in [1.29, 1.82) is 0 Å². The summed E-state index contributed by atoms with van der Waals surface area (Å²) in [5, 5.41) is 4.09. The first-order chi connectivity index (χ1) is 10.7. The van der Waals surface area contributed by atoms with E-state index in [1.807, 2.05) is 19.1 Å². The lowest BCUT2D eigenvalue weighted by molar-refractivity contribution is 0.307. The van der Waals surface area contributed by atoms with Gasteiger partial charge >= 0.3 is 0 Å². The largest absolute Gasteiger partial charge is 0.493 e. The molecular weight excluding hydrogens is 333 g/mol. The van der Waals surface area contributed by atoms with E-state index >= 15 is 0 Å². The molecule has 3 nitrogen and oxygen atoms in total. The van der Waals surface area contributed by atoms with E-state index in [2.05, 4.69) is 29.6 Å². The van der Waals surface area contributed by atoms with Crippen LogP contribution in [0.15, 0.2) is 42.5 Å². The summed E-state index contributed by atoms with van der Waals surface area (Å²) in [4.78, 5) is 0. The lowest BCUT2D eigenvalue weighted by Gasteiger charge is -2.15. The highest BCUT2D eigenvalue weighted by Crippen LogP contribution is 2.34. The van der Waals surface area contributed by atoms with Crippen LogP contribution in [0.1, 0.15) is 18.1 Å². The second-order valence-electron chi connectivity index (χ2n) is 4.94. The summed E-state index contributed by atoms with van der Waals surface area (Å²) in [6, 6.07) is 14.1. The zero-order chi connectivity index (χ0) is 15.8. The van der Waals surface area contributed by atoms with Gasteiger partial charge in [-0.1, -0.05) is 41.9 Å². The second kappa shape index (κ2) is 10.4. The molecule has 0 bridgehead atoms. The molecule has 0 fully saturated rings. The Bertz CT molecular complexity index is 591. The van der Waals surface area contributed by atoms with Gasteiger partial charge in [0.15, 0.2) is 11.5 Å². The minimum absolute atomic E-state index is 0. The molecule has 0 saturated heterocycles. The Morgan fingerprint density at radius 1 is 1.13 bits per heavy atom. The second-order valence-corrected chi connectivity index (χ2v) is 5.38. The molecule has 0 aliphatic carbocycles. The number of methoxy groups -OCH3 is 1. The zero-order valence-electron chi connectivity index (χ0n) is 13.5.